The van der Waals surface area contributed by atoms with Crippen LogP contribution in [0.5, 0.6) is 28.7 Å². The molecular formula is C43H56N4O9S2. The van der Waals surface area contributed by atoms with Crippen molar-refractivity contribution in [2.75, 3.05) is 25.5 Å². The molecular weight excluding hydrogens is 781 g/mol. The minimum atomic E-state index is -0.566. The molecule has 7 N–H and O–H groups in total. The summed E-state index contributed by atoms with van der Waals surface area (Å²) in [4.78, 5) is 21.3. The number of benzene rings is 2. The molecule has 3 fully saturated rings. The second kappa shape index (κ2) is 19.3. The molecule has 4 aliphatic rings. The van der Waals surface area contributed by atoms with Gasteiger partial charge in [0, 0.05) is 74.6 Å². The number of hydrogen-bond donors (Lipinski definition) is 6. The van der Waals surface area contributed by atoms with Crippen LogP contribution in [0.4, 0.5) is 0 Å². The maximum absolute atomic E-state index is 12.6. The lowest BCUT2D eigenvalue weighted by atomic mass is 9.70. The predicted octanol–water partition coefficient (Wildman–Crippen LogP) is 6.35. The number of carbonyl (C=O) groups excluding carboxylic acids is 1. The molecule has 2 aromatic carbocycles. The van der Waals surface area contributed by atoms with Crippen LogP contribution in [0.1, 0.15) is 87.5 Å². The van der Waals surface area contributed by atoms with Gasteiger partial charge in [0.1, 0.15) is 12.2 Å². The van der Waals surface area contributed by atoms with E-state index in [9.17, 15) is 25.2 Å². The fourth-order valence-electron chi connectivity index (χ4n) is 9.05. The minimum Gasteiger partial charge on any atom is -0.504 e. The van der Waals surface area contributed by atoms with Gasteiger partial charge >= 0.3 is 5.97 Å². The first-order valence-electron chi connectivity index (χ1n) is 20.5. The average Bonchev–Trinajstić information content (AvgIpc) is 3.20. The van der Waals surface area contributed by atoms with E-state index in [4.69, 9.17) is 24.7 Å². The van der Waals surface area contributed by atoms with E-state index in [-0.39, 0.29) is 77.0 Å². The summed E-state index contributed by atoms with van der Waals surface area (Å²) in [7, 11) is 3.69. The number of hydrogen-bond acceptors (Lipinski definition) is 13. The van der Waals surface area contributed by atoms with Gasteiger partial charge in [-0.25, -0.2) is 0 Å². The Morgan fingerprint density at radius 1 is 1.10 bits per heavy atom. The topological polar surface area (TPSA) is 198 Å². The highest BCUT2D eigenvalue weighted by Gasteiger charge is 2.50. The highest BCUT2D eigenvalue weighted by atomic mass is 33.1. The number of phenolic OH excluding ortho intramolecular Hbond substituents is 3. The van der Waals surface area contributed by atoms with Crippen molar-refractivity contribution in [1.82, 2.24) is 10.3 Å². The van der Waals surface area contributed by atoms with Gasteiger partial charge < -0.3 is 50.4 Å². The summed E-state index contributed by atoms with van der Waals surface area (Å²) >= 11 is 0. The Hall–Kier alpha value is -4.05. The summed E-state index contributed by atoms with van der Waals surface area (Å²) < 4.78 is 25.8. The van der Waals surface area contributed by atoms with Crippen LogP contribution in [-0.4, -0.2) is 92.0 Å². The van der Waals surface area contributed by atoms with E-state index in [1.54, 1.807) is 24.5 Å². The van der Waals surface area contributed by atoms with E-state index >= 15 is 0 Å². The van der Waals surface area contributed by atoms with Crippen LogP contribution >= 0.6 is 21.6 Å². The Morgan fingerprint density at radius 3 is 2.79 bits per heavy atom. The zero-order chi connectivity index (χ0) is 40.6. The Kier molecular flexibility index (Phi) is 14.0. The molecule has 4 bridgehead atoms. The van der Waals surface area contributed by atoms with Gasteiger partial charge in [-0.15, -0.1) is 0 Å². The monoisotopic (exact) mass is 836 g/mol. The van der Waals surface area contributed by atoms with Gasteiger partial charge in [-0.05, 0) is 98.4 Å². The maximum Gasteiger partial charge on any atom is 0.302 e. The average molecular weight is 837 g/mol. The number of nitrogens with two attached hydrogens (primary N) is 1. The number of nitrogens with one attached hydrogen (secondary N) is 1. The number of phenols is 3. The molecule has 3 aromatic rings. The molecule has 3 heterocycles. The largest absolute Gasteiger partial charge is 0.504 e. The lowest BCUT2D eigenvalue weighted by molar-refractivity contribution is -0.191. The Bertz CT molecular complexity index is 1890. The molecule has 0 unspecified atom stereocenters. The lowest BCUT2D eigenvalue weighted by Gasteiger charge is -2.50. The number of guanidine groups is 1. The third kappa shape index (κ3) is 10.4. The number of aliphatic hydroxyl groups excluding tert-OH is 1. The molecule has 8 atom stereocenters. The van der Waals surface area contributed by atoms with Crippen molar-refractivity contribution in [2.24, 2.45) is 22.6 Å². The molecule has 0 amide bonds. The van der Waals surface area contributed by atoms with Gasteiger partial charge in [0.25, 0.3) is 0 Å². The van der Waals surface area contributed by atoms with Gasteiger partial charge in [-0.3, -0.25) is 14.8 Å². The smallest absolute Gasteiger partial charge is 0.302 e. The summed E-state index contributed by atoms with van der Waals surface area (Å²) in [5, 5.41) is 45.7. The summed E-state index contributed by atoms with van der Waals surface area (Å²) in [6.45, 7) is 2.34. The third-order valence-electron chi connectivity index (χ3n) is 11.8. The number of rotatable bonds is 11. The number of aliphatic imine (C=N–C) groups is 1. The first-order valence-corrected chi connectivity index (χ1v) is 22.8. The molecule has 15 heteroatoms. The molecule has 314 valence electrons. The number of esters is 1. The molecule has 58 heavy (non-hydrogen) atoms. The Balaban J connectivity index is 1.17. The Labute approximate surface area is 347 Å². The molecule has 0 radical (unpaired) electrons. The quantitative estimate of drug-likeness (QED) is 0.0312. The van der Waals surface area contributed by atoms with Gasteiger partial charge in [-0.2, -0.15) is 0 Å². The molecule has 13 nitrogen and oxygen atoms in total. The number of unbranched alkanes of at least 4 members (excludes halogenated alkanes) is 1. The van der Waals surface area contributed by atoms with E-state index < -0.39 is 12.2 Å². The lowest BCUT2D eigenvalue weighted by Crippen LogP contribution is -2.57. The fraction of sp³-hybridized carbons (Fsp3) is 0.558. The van der Waals surface area contributed by atoms with Crippen LogP contribution in [0, 0.1) is 11.8 Å². The zero-order valence-electron chi connectivity index (χ0n) is 33.0. The summed E-state index contributed by atoms with van der Waals surface area (Å²) in [6.07, 6.45) is 10.1. The van der Waals surface area contributed by atoms with Gasteiger partial charge in [0.15, 0.2) is 29.0 Å². The fourth-order valence-corrected chi connectivity index (χ4v) is 12.6. The number of fused-ring (bicyclic) bond motifs is 7. The second-order valence-electron chi connectivity index (χ2n) is 16.1. The van der Waals surface area contributed by atoms with Gasteiger partial charge in [-0.1, -0.05) is 33.7 Å². The highest BCUT2D eigenvalue weighted by Crippen LogP contribution is 2.53. The van der Waals surface area contributed by atoms with E-state index in [0.29, 0.717) is 55.9 Å². The van der Waals surface area contributed by atoms with Crippen molar-refractivity contribution in [3.8, 4) is 28.7 Å². The molecule has 1 aromatic heterocycles. The van der Waals surface area contributed by atoms with Crippen molar-refractivity contribution < 1.29 is 44.2 Å². The summed E-state index contributed by atoms with van der Waals surface area (Å²) in [6, 6.07) is 12.6. The van der Waals surface area contributed by atoms with E-state index in [1.807, 2.05) is 45.9 Å². The SMILES string of the molecule is CC(=O)O[C@@H]1C[C@@H](c2cc(O)c(O)c(OCCc3cccnc3)c2)O[C@H]2[C@H]1CC[C@@H]1SSC[C@@]3(NC(N)=NCCCCO)CCC[C@@H](C3)Oc3cc(ccc3O)C[C@@H]21. The van der Waals surface area contributed by atoms with Crippen LogP contribution < -0.4 is 20.5 Å². The van der Waals surface area contributed by atoms with Crippen molar-refractivity contribution in [2.45, 2.75) is 113 Å². The van der Waals surface area contributed by atoms with Crippen molar-refractivity contribution in [3.05, 3.63) is 71.5 Å². The van der Waals surface area contributed by atoms with E-state index in [0.717, 1.165) is 55.4 Å². The highest BCUT2D eigenvalue weighted by molar-refractivity contribution is 8.77. The first-order chi connectivity index (χ1) is 28.1. The summed E-state index contributed by atoms with van der Waals surface area (Å²) in [5.74, 6) is 0.705. The Morgan fingerprint density at radius 2 is 1.98 bits per heavy atom. The third-order valence-corrected chi connectivity index (χ3v) is 15.0. The van der Waals surface area contributed by atoms with Crippen molar-refractivity contribution >= 4 is 33.5 Å². The van der Waals surface area contributed by atoms with E-state index in [2.05, 4.69) is 15.3 Å². The number of carbonyl (C=O) groups is 1. The number of aliphatic hydroxyl groups is 1. The van der Waals surface area contributed by atoms with Crippen LogP contribution in [0.3, 0.4) is 0 Å². The molecule has 2 saturated carbocycles. The number of nitrogens with zero attached hydrogens (tertiary/aromatic N) is 2. The number of aromatic nitrogens is 1. The first kappa shape index (κ1) is 42.1. The molecule has 7 rings (SSSR count). The molecule has 0 spiro atoms. The molecule has 2 aliphatic heterocycles. The van der Waals surface area contributed by atoms with E-state index in [1.165, 1.54) is 13.0 Å². The minimum absolute atomic E-state index is 0.0161. The van der Waals surface area contributed by atoms with Crippen molar-refractivity contribution in [1.29, 1.82) is 0 Å². The zero-order valence-corrected chi connectivity index (χ0v) is 34.6. The van der Waals surface area contributed by atoms with Crippen molar-refractivity contribution in [3.63, 3.8) is 0 Å². The summed E-state index contributed by atoms with van der Waals surface area (Å²) in [5.41, 5.74) is 8.71. The normalized spacial score (nSPS) is 28.6. The van der Waals surface area contributed by atoms with Crippen LogP contribution in [0.2, 0.25) is 0 Å². The standard InChI is InChI=1S/C43H56N4O9S2/c1-26(49)54-36-22-35(29-20-34(51)40(52)38(21-29)53-17-12-27-6-5-14-45-24-27)56-41-31(36)9-11-39-32(41)18-28-8-10-33(50)37(19-28)55-30-7-4-13-43(23-30,25-57-58-39)47-42(44)46-15-2-3-16-48/h5-6,8,10,14,19-21,24,30-32,35-36,39,41,48,50-52H,2-4,7,9,11-13,15-18,22-23,25H2,1H3,(H3,44,46,47)/t30-,31-,32+,35-,36+,39-,41-,43+/m0/s1. The molecule has 1 saturated heterocycles. The predicted molar refractivity (Wildman–Crippen MR) is 224 cm³/mol. The van der Waals surface area contributed by atoms with Gasteiger partial charge in [0.05, 0.1) is 24.4 Å². The van der Waals surface area contributed by atoms with Crippen LogP contribution in [0.15, 0.2) is 59.9 Å². The van der Waals surface area contributed by atoms with Gasteiger partial charge in [0.2, 0.25) is 5.75 Å². The van der Waals surface area contributed by atoms with Crippen LogP contribution in [0.25, 0.3) is 0 Å². The number of aromatic hydroxyl groups is 3. The number of ether oxygens (including phenoxy) is 4. The molecule has 2 aliphatic carbocycles. The second-order valence-corrected chi connectivity index (χ2v) is 18.7. The number of pyridine rings is 1. The maximum atomic E-state index is 12.6. The van der Waals surface area contributed by atoms with Crippen LogP contribution in [-0.2, 0) is 27.1 Å².